The quantitative estimate of drug-likeness (QED) is 0.646. The number of rotatable bonds is 4. The highest BCUT2D eigenvalue weighted by atomic mass is 32.2. The normalized spacial score (nSPS) is 19.6. The molecule has 2 N–H and O–H groups in total. The molecule has 1 aromatic carbocycles. The van der Waals surface area contributed by atoms with Crippen LogP contribution in [0.1, 0.15) is 18.4 Å². The van der Waals surface area contributed by atoms with Crippen LogP contribution < -0.4 is 10.0 Å². The molecule has 2 rings (SSSR count). The highest BCUT2D eigenvalue weighted by molar-refractivity contribution is 7.93. The van der Waals surface area contributed by atoms with Crippen molar-refractivity contribution in [2.45, 2.75) is 25.0 Å². The van der Waals surface area contributed by atoms with Gasteiger partial charge in [0.15, 0.2) is 0 Å². The van der Waals surface area contributed by atoms with Crippen molar-refractivity contribution in [1.29, 1.82) is 0 Å². The Kier molecular flexibility index (Phi) is 4.24. The molecule has 1 aliphatic rings. The minimum Gasteiger partial charge on any atom is -0.315 e. The molecule has 1 aromatic rings. The second kappa shape index (κ2) is 5.76. The van der Waals surface area contributed by atoms with E-state index in [0.717, 1.165) is 13.0 Å². The number of hydrogen-bond donors (Lipinski definition) is 2. The number of nitrogens with zero attached hydrogens (tertiary/aromatic N) is 1. The third kappa shape index (κ3) is 3.26. The van der Waals surface area contributed by atoms with Gasteiger partial charge in [0.1, 0.15) is 0 Å². The maximum atomic E-state index is 12.2. The van der Waals surface area contributed by atoms with Gasteiger partial charge in [-0.1, -0.05) is 0 Å². The van der Waals surface area contributed by atoms with Crippen LogP contribution in [0.25, 0.3) is 0 Å². The molecule has 7 nitrogen and oxygen atoms in total. The van der Waals surface area contributed by atoms with Gasteiger partial charge in [0.05, 0.1) is 10.2 Å². The van der Waals surface area contributed by atoms with Gasteiger partial charge >= 0.3 is 0 Å². The smallest absolute Gasteiger partial charge is 0.272 e. The maximum absolute atomic E-state index is 12.2. The number of anilines is 1. The van der Waals surface area contributed by atoms with Crippen molar-refractivity contribution in [3.8, 4) is 0 Å². The Morgan fingerprint density at radius 3 is 2.75 bits per heavy atom. The van der Waals surface area contributed by atoms with Gasteiger partial charge < -0.3 is 5.32 Å². The first kappa shape index (κ1) is 14.7. The van der Waals surface area contributed by atoms with Crippen LogP contribution in [0.3, 0.4) is 0 Å². The standard InChI is InChI=1S/C12H17N3O4S/c1-9-7-10(4-5-12(9)15(16)17)14-20(18,19)11-3-2-6-13-8-11/h4-5,7,11,13-14H,2-3,6,8H2,1H3. The fourth-order valence-electron chi connectivity index (χ4n) is 2.26. The van der Waals surface area contributed by atoms with E-state index < -0.39 is 20.2 Å². The molecular formula is C12H17N3O4S. The van der Waals surface area contributed by atoms with Gasteiger partial charge in [0.2, 0.25) is 10.0 Å². The molecule has 0 aliphatic carbocycles. The molecule has 20 heavy (non-hydrogen) atoms. The van der Waals surface area contributed by atoms with Crippen LogP contribution in [-0.2, 0) is 10.0 Å². The summed E-state index contributed by atoms with van der Waals surface area (Å²) < 4.78 is 26.9. The molecule has 1 heterocycles. The summed E-state index contributed by atoms with van der Waals surface area (Å²) in [5.74, 6) is 0. The first-order chi connectivity index (χ1) is 9.40. The second-order valence-corrected chi connectivity index (χ2v) is 6.83. The summed E-state index contributed by atoms with van der Waals surface area (Å²) >= 11 is 0. The van der Waals surface area contributed by atoms with E-state index in [1.807, 2.05) is 0 Å². The predicted octanol–water partition coefficient (Wildman–Crippen LogP) is 1.40. The SMILES string of the molecule is Cc1cc(NS(=O)(=O)C2CCCNC2)ccc1[N+](=O)[O-]. The minimum absolute atomic E-state index is 0.0210. The lowest BCUT2D eigenvalue weighted by atomic mass is 10.2. The minimum atomic E-state index is -3.47. The number of hydrogen-bond acceptors (Lipinski definition) is 5. The van der Waals surface area contributed by atoms with Gasteiger partial charge in [-0.15, -0.1) is 0 Å². The topological polar surface area (TPSA) is 101 Å². The first-order valence-corrected chi connectivity index (χ1v) is 7.92. The summed E-state index contributed by atoms with van der Waals surface area (Å²) in [6.45, 7) is 2.85. The molecular weight excluding hydrogens is 282 g/mol. The molecule has 0 aromatic heterocycles. The third-order valence-electron chi connectivity index (χ3n) is 3.34. The molecule has 0 amide bonds. The fraction of sp³-hybridized carbons (Fsp3) is 0.500. The Hall–Kier alpha value is -1.67. The number of sulfonamides is 1. The van der Waals surface area contributed by atoms with Crippen molar-refractivity contribution in [3.05, 3.63) is 33.9 Å². The molecule has 1 atom stereocenters. The average Bonchev–Trinajstić information content (AvgIpc) is 2.39. The molecule has 1 aliphatic heterocycles. The monoisotopic (exact) mass is 299 g/mol. The van der Waals surface area contributed by atoms with Crippen LogP contribution >= 0.6 is 0 Å². The average molecular weight is 299 g/mol. The number of aryl methyl sites for hydroxylation is 1. The highest BCUT2D eigenvalue weighted by Gasteiger charge is 2.27. The number of nitro groups is 1. The van der Waals surface area contributed by atoms with E-state index in [-0.39, 0.29) is 5.69 Å². The molecule has 1 saturated heterocycles. The van der Waals surface area contributed by atoms with Crippen LogP contribution in [0.2, 0.25) is 0 Å². The lowest BCUT2D eigenvalue weighted by Gasteiger charge is -2.23. The van der Waals surface area contributed by atoms with Gasteiger partial charge in [-0.25, -0.2) is 8.42 Å². The zero-order valence-electron chi connectivity index (χ0n) is 11.1. The Labute approximate surface area is 117 Å². The molecule has 0 radical (unpaired) electrons. The zero-order valence-corrected chi connectivity index (χ0v) is 11.9. The van der Waals surface area contributed by atoms with E-state index in [9.17, 15) is 18.5 Å². The molecule has 0 bridgehead atoms. The second-order valence-electron chi connectivity index (χ2n) is 4.87. The molecule has 0 spiro atoms. The largest absolute Gasteiger partial charge is 0.315 e. The maximum Gasteiger partial charge on any atom is 0.272 e. The highest BCUT2D eigenvalue weighted by Crippen LogP contribution is 2.23. The fourth-order valence-corrected chi connectivity index (χ4v) is 3.69. The summed E-state index contributed by atoms with van der Waals surface area (Å²) in [6, 6.07) is 4.21. The van der Waals surface area contributed by atoms with Crippen LogP contribution in [0.4, 0.5) is 11.4 Å². The van der Waals surface area contributed by atoms with E-state index in [1.54, 1.807) is 6.92 Å². The van der Waals surface area contributed by atoms with Crippen molar-refractivity contribution in [2.24, 2.45) is 0 Å². The number of benzene rings is 1. The number of piperidine rings is 1. The van der Waals surface area contributed by atoms with E-state index in [0.29, 0.717) is 24.2 Å². The summed E-state index contributed by atoms with van der Waals surface area (Å²) in [7, 11) is -3.47. The van der Waals surface area contributed by atoms with Crippen molar-refractivity contribution in [1.82, 2.24) is 5.32 Å². The van der Waals surface area contributed by atoms with Crippen LogP contribution in [0, 0.1) is 17.0 Å². The summed E-state index contributed by atoms with van der Waals surface area (Å²) in [5, 5.41) is 13.3. The van der Waals surface area contributed by atoms with Gasteiger partial charge in [-0.3, -0.25) is 14.8 Å². The third-order valence-corrected chi connectivity index (χ3v) is 5.14. The Bertz CT molecular complexity index is 609. The van der Waals surface area contributed by atoms with Gasteiger partial charge in [0.25, 0.3) is 5.69 Å². The lowest BCUT2D eigenvalue weighted by Crippen LogP contribution is -2.41. The predicted molar refractivity (Wildman–Crippen MR) is 76.3 cm³/mol. The molecule has 1 fully saturated rings. The molecule has 1 unspecified atom stereocenters. The molecule has 0 saturated carbocycles. The van der Waals surface area contributed by atoms with Crippen LogP contribution in [0.15, 0.2) is 18.2 Å². The van der Waals surface area contributed by atoms with E-state index in [2.05, 4.69) is 10.0 Å². The Morgan fingerprint density at radius 1 is 1.45 bits per heavy atom. The van der Waals surface area contributed by atoms with Gasteiger partial charge in [-0.05, 0) is 38.4 Å². The summed E-state index contributed by atoms with van der Waals surface area (Å²) in [5.41, 5.74) is 0.767. The van der Waals surface area contributed by atoms with Crippen molar-refractivity contribution in [3.63, 3.8) is 0 Å². The summed E-state index contributed by atoms with van der Waals surface area (Å²) in [6.07, 6.45) is 1.44. The van der Waals surface area contributed by atoms with Crippen molar-refractivity contribution >= 4 is 21.4 Å². The molecule has 110 valence electrons. The lowest BCUT2D eigenvalue weighted by molar-refractivity contribution is -0.385. The van der Waals surface area contributed by atoms with Gasteiger partial charge in [-0.2, -0.15) is 0 Å². The van der Waals surface area contributed by atoms with E-state index in [4.69, 9.17) is 0 Å². The molecule has 8 heteroatoms. The first-order valence-electron chi connectivity index (χ1n) is 6.37. The van der Waals surface area contributed by atoms with E-state index >= 15 is 0 Å². The Morgan fingerprint density at radius 2 is 2.20 bits per heavy atom. The van der Waals surface area contributed by atoms with E-state index in [1.165, 1.54) is 18.2 Å². The zero-order chi connectivity index (χ0) is 14.8. The number of nitro benzene ring substituents is 1. The summed E-state index contributed by atoms with van der Waals surface area (Å²) in [4.78, 5) is 10.2. The number of nitrogens with one attached hydrogen (secondary N) is 2. The Balaban J connectivity index is 2.17. The van der Waals surface area contributed by atoms with Gasteiger partial charge in [0, 0.05) is 23.9 Å². The van der Waals surface area contributed by atoms with Crippen molar-refractivity contribution in [2.75, 3.05) is 17.8 Å². The van der Waals surface area contributed by atoms with Crippen LogP contribution in [-0.4, -0.2) is 31.7 Å². The van der Waals surface area contributed by atoms with Crippen molar-refractivity contribution < 1.29 is 13.3 Å². The van der Waals surface area contributed by atoms with Crippen LogP contribution in [0.5, 0.6) is 0 Å².